The van der Waals surface area contributed by atoms with Gasteiger partial charge in [-0.2, -0.15) is 5.10 Å². The second-order valence-corrected chi connectivity index (χ2v) is 6.08. The maximum absolute atomic E-state index is 12.3. The summed E-state index contributed by atoms with van der Waals surface area (Å²) in [6.45, 7) is 6.77. The van der Waals surface area contributed by atoms with Gasteiger partial charge >= 0.3 is 0 Å². The Labute approximate surface area is 138 Å². The molecular weight excluding hydrogens is 346 g/mol. The number of H-pyrrole nitrogens is 1. The highest BCUT2D eigenvalue weighted by atomic mass is 79.9. The zero-order valence-electron chi connectivity index (χ0n) is 12.9. The summed E-state index contributed by atoms with van der Waals surface area (Å²) in [7, 11) is 0. The van der Waals surface area contributed by atoms with Crippen LogP contribution >= 0.6 is 15.9 Å². The monoisotopic (exact) mass is 365 g/mol. The highest BCUT2D eigenvalue weighted by molar-refractivity contribution is 9.10. The fourth-order valence-corrected chi connectivity index (χ4v) is 2.76. The van der Waals surface area contributed by atoms with E-state index in [2.05, 4.69) is 31.4 Å². The van der Waals surface area contributed by atoms with Crippen molar-refractivity contribution in [1.82, 2.24) is 10.2 Å². The second-order valence-electron chi connectivity index (χ2n) is 5.28. The number of carbonyl (C=O) groups excluding carboxylic acids is 1. The maximum atomic E-state index is 12.3. The lowest BCUT2D eigenvalue weighted by atomic mass is 10.1. The smallest absolute Gasteiger partial charge is 0.277 e. The number of halogens is 1. The van der Waals surface area contributed by atoms with Crippen molar-refractivity contribution in [3.63, 3.8) is 0 Å². The molecule has 2 N–H and O–H groups in total. The third-order valence-electron chi connectivity index (χ3n) is 3.09. The van der Waals surface area contributed by atoms with Gasteiger partial charge in [0.05, 0.1) is 16.8 Å². The normalized spacial score (nSPS) is 10.8. The molecule has 5 nitrogen and oxygen atoms in total. The molecule has 118 valence electrons. The van der Waals surface area contributed by atoms with E-state index in [4.69, 9.17) is 4.74 Å². The first-order valence-electron chi connectivity index (χ1n) is 7.30. The number of nitrogens with zero attached hydrogens (tertiary/aromatic N) is 1. The van der Waals surface area contributed by atoms with Crippen LogP contribution in [0.1, 0.15) is 49.3 Å². The molecule has 0 aliphatic carbocycles. The molecule has 2 rings (SSSR count). The van der Waals surface area contributed by atoms with E-state index in [1.165, 1.54) is 0 Å². The molecule has 22 heavy (non-hydrogen) atoms. The highest BCUT2D eigenvalue weighted by Crippen LogP contribution is 2.26. The van der Waals surface area contributed by atoms with E-state index in [0.717, 1.165) is 17.9 Å². The van der Waals surface area contributed by atoms with Crippen molar-refractivity contribution in [3.8, 4) is 5.75 Å². The van der Waals surface area contributed by atoms with Crippen molar-refractivity contribution < 1.29 is 9.53 Å². The molecule has 1 aromatic carbocycles. The molecule has 1 amide bonds. The Morgan fingerprint density at radius 1 is 1.45 bits per heavy atom. The summed E-state index contributed by atoms with van der Waals surface area (Å²) < 4.78 is 6.27. The third-order valence-corrected chi connectivity index (χ3v) is 3.89. The van der Waals surface area contributed by atoms with Crippen molar-refractivity contribution in [3.05, 3.63) is 40.1 Å². The number of rotatable bonds is 6. The lowest BCUT2D eigenvalue weighted by Crippen LogP contribution is -2.13. The number of benzene rings is 1. The van der Waals surface area contributed by atoms with Gasteiger partial charge in [0.1, 0.15) is 5.75 Å². The van der Waals surface area contributed by atoms with E-state index in [1.807, 2.05) is 39.0 Å². The molecule has 0 fully saturated rings. The van der Waals surface area contributed by atoms with Crippen LogP contribution in [-0.4, -0.2) is 22.7 Å². The van der Waals surface area contributed by atoms with E-state index in [9.17, 15) is 4.79 Å². The second kappa shape index (κ2) is 7.45. The summed E-state index contributed by atoms with van der Waals surface area (Å²) in [5.74, 6) is 0.737. The van der Waals surface area contributed by atoms with Gasteiger partial charge in [0.15, 0.2) is 5.69 Å². The Kier molecular flexibility index (Phi) is 5.60. The molecule has 0 unspecified atom stereocenters. The van der Waals surface area contributed by atoms with E-state index in [-0.39, 0.29) is 11.8 Å². The molecule has 0 bridgehead atoms. The van der Waals surface area contributed by atoms with Crippen molar-refractivity contribution in [1.29, 1.82) is 0 Å². The van der Waals surface area contributed by atoms with Gasteiger partial charge < -0.3 is 10.1 Å². The minimum atomic E-state index is -0.261. The lowest BCUT2D eigenvalue weighted by Gasteiger charge is -2.08. The molecule has 2 aromatic rings. The first-order chi connectivity index (χ1) is 10.5. The van der Waals surface area contributed by atoms with Crippen LogP contribution in [0, 0.1) is 0 Å². The molecular formula is C16H20BrN3O2. The largest absolute Gasteiger partial charge is 0.494 e. The van der Waals surface area contributed by atoms with Gasteiger partial charge in [-0.15, -0.1) is 0 Å². The maximum Gasteiger partial charge on any atom is 0.277 e. The average molecular weight is 366 g/mol. The minimum Gasteiger partial charge on any atom is -0.494 e. The molecule has 1 aromatic heterocycles. The molecule has 0 radical (unpaired) electrons. The number of aromatic nitrogens is 2. The topological polar surface area (TPSA) is 67.0 Å². The predicted octanol–water partition coefficient (Wildman–Crippen LogP) is 4.34. The number of anilines is 1. The standard InChI is InChI=1S/C16H20BrN3O2/c1-4-8-22-12-7-5-6-11(9-12)18-16(21)15-13(17)14(10(2)3)19-20-15/h5-7,9-10H,4,8H2,1-3H3,(H,18,21)(H,19,20). The van der Waals surface area contributed by atoms with Gasteiger partial charge in [0, 0.05) is 11.8 Å². The van der Waals surface area contributed by atoms with Crippen molar-refractivity contribution in [2.45, 2.75) is 33.1 Å². The number of nitrogens with one attached hydrogen (secondary N) is 2. The zero-order valence-corrected chi connectivity index (χ0v) is 14.5. The van der Waals surface area contributed by atoms with Crippen LogP contribution in [0.2, 0.25) is 0 Å². The zero-order chi connectivity index (χ0) is 16.1. The number of ether oxygens (including phenoxy) is 1. The quantitative estimate of drug-likeness (QED) is 0.799. The van der Waals surface area contributed by atoms with Crippen LogP contribution in [0.15, 0.2) is 28.7 Å². The molecule has 0 aliphatic heterocycles. The van der Waals surface area contributed by atoms with Gasteiger partial charge in [-0.3, -0.25) is 9.89 Å². The Morgan fingerprint density at radius 3 is 2.86 bits per heavy atom. The SMILES string of the molecule is CCCOc1cccc(NC(=O)c2n[nH]c(C(C)C)c2Br)c1. The summed E-state index contributed by atoms with van der Waals surface area (Å²) in [6, 6.07) is 7.34. The van der Waals surface area contributed by atoms with Gasteiger partial charge in [-0.25, -0.2) is 0 Å². The number of hydrogen-bond acceptors (Lipinski definition) is 3. The van der Waals surface area contributed by atoms with Crippen molar-refractivity contribution in [2.24, 2.45) is 0 Å². The third kappa shape index (κ3) is 3.88. The Morgan fingerprint density at radius 2 is 2.23 bits per heavy atom. The first kappa shape index (κ1) is 16.5. The summed E-state index contributed by atoms with van der Waals surface area (Å²) in [6.07, 6.45) is 0.939. The average Bonchev–Trinajstić information content (AvgIpc) is 2.87. The van der Waals surface area contributed by atoms with Crippen LogP contribution in [0.25, 0.3) is 0 Å². The Bertz CT molecular complexity index is 653. The van der Waals surface area contributed by atoms with Gasteiger partial charge in [-0.05, 0) is 40.4 Å². The van der Waals surface area contributed by atoms with E-state index >= 15 is 0 Å². The summed E-state index contributed by atoms with van der Waals surface area (Å²) in [4.78, 5) is 12.3. The van der Waals surface area contributed by atoms with Gasteiger partial charge in [0.2, 0.25) is 0 Å². The summed E-state index contributed by atoms with van der Waals surface area (Å²) >= 11 is 3.44. The van der Waals surface area contributed by atoms with Crippen molar-refractivity contribution >= 4 is 27.5 Å². The minimum absolute atomic E-state index is 0.259. The van der Waals surface area contributed by atoms with Crippen LogP contribution in [0.5, 0.6) is 5.75 Å². The molecule has 0 spiro atoms. The number of amides is 1. The Hall–Kier alpha value is -1.82. The number of aromatic amines is 1. The van der Waals surface area contributed by atoms with Crippen LogP contribution < -0.4 is 10.1 Å². The Balaban J connectivity index is 2.12. The fourth-order valence-electron chi connectivity index (χ4n) is 1.95. The predicted molar refractivity (Wildman–Crippen MR) is 90.6 cm³/mol. The summed E-state index contributed by atoms with van der Waals surface area (Å²) in [5.41, 5.74) is 1.94. The molecule has 0 aliphatic rings. The molecule has 0 saturated heterocycles. The van der Waals surface area contributed by atoms with Gasteiger partial charge in [-0.1, -0.05) is 26.8 Å². The van der Waals surface area contributed by atoms with Crippen LogP contribution in [0.4, 0.5) is 5.69 Å². The summed E-state index contributed by atoms with van der Waals surface area (Å²) in [5, 5.41) is 9.82. The lowest BCUT2D eigenvalue weighted by molar-refractivity contribution is 0.102. The highest BCUT2D eigenvalue weighted by Gasteiger charge is 2.19. The van der Waals surface area contributed by atoms with Crippen LogP contribution in [-0.2, 0) is 0 Å². The number of hydrogen-bond donors (Lipinski definition) is 2. The molecule has 1 heterocycles. The fraction of sp³-hybridized carbons (Fsp3) is 0.375. The first-order valence-corrected chi connectivity index (χ1v) is 8.10. The van der Waals surface area contributed by atoms with E-state index in [0.29, 0.717) is 22.5 Å². The van der Waals surface area contributed by atoms with E-state index in [1.54, 1.807) is 6.07 Å². The molecule has 6 heteroatoms. The molecule has 0 saturated carbocycles. The van der Waals surface area contributed by atoms with E-state index < -0.39 is 0 Å². The number of carbonyl (C=O) groups is 1. The molecule has 0 atom stereocenters. The van der Waals surface area contributed by atoms with Crippen LogP contribution in [0.3, 0.4) is 0 Å². The van der Waals surface area contributed by atoms with Gasteiger partial charge in [0.25, 0.3) is 5.91 Å². The van der Waals surface area contributed by atoms with Crippen molar-refractivity contribution in [2.75, 3.05) is 11.9 Å².